The SMILES string of the molecule is O=[N+]([O-])c1cccc(-c2ncn(C3CCNC3)n2)c1. The summed E-state index contributed by atoms with van der Waals surface area (Å²) in [5, 5.41) is 18.4. The summed E-state index contributed by atoms with van der Waals surface area (Å²) >= 11 is 0. The molecule has 7 nitrogen and oxygen atoms in total. The fraction of sp³-hybridized carbons (Fsp3) is 0.333. The zero-order chi connectivity index (χ0) is 13.2. The second-order valence-electron chi connectivity index (χ2n) is 4.50. The van der Waals surface area contributed by atoms with Crippen LogP contribution in [0.2, 0.25) is 0 Å². The molecule has 1 atom stereocenters. The van der Waals surface area contributed by atoms with E-state index in [1.54, 1.807) is 18.5 Å². The molecule has 2 aromatic rings. The van der Waals surface area contributed by atoms with Gasteiger partial charge in [0.15, 0.2) is 5.82 Å². The van der Waals surface area contributed by atoms with Gasteiger partial charge in [-0.2, -0.15) is 5.10 Å². The molecule has 1 aromatic carbocycles. The molecule has 1 N–H and O–H groups in total. The summed E-state index contributed by atoms with van der Waals surface area (Å²) in [5.41, 5.74) is 0.718. The molecule has 0 spiro atoms. The zero-order valence-electron chi connectivity index (χ0n) is 10.2. The summed E-state index contributed by atoms with van der Waals surface area (Å²) < 4.78 is 1.83. The van der Waals surface area contributed by atoms with Crippen molar-refractivity contribution >= 4 is 5.69 Å². The summed E-state index contributed by atoms with van der Waals surface area (Å²) in [6.07, 6.45) is 2.71. The zero-order valence-corrected chi connectivity index (χ0v) is 10.2. The molecule has 2 heterocycles. The smallest absolute Gasteiger partial charge is 0.270 e. The van der Waals surface area contributed by atoms with Gasteiger partial charge in [0, 0.05) is 24.2 Å². The number of nitro groups is 1. The average Bonchev–Trinajstić information content (AvgIpc) is 3.09. The number of nitro benzene ring substituents is 1. The number of aromatic nitrogens is 3. The minimum absolute atomic E-state index is 0.0522. The van der Waals surface area contributed by atoms with Crippen molar-refractivity contribution in [3.63, 3.8) is 0 Å². The summed E-state index contributed by atoms with van der Waals surface area (Å²) in [6, 6.07) is 6.69. The van der Waals surface area contributed by atoms with Crippen LogP contribution in [0, 0.1) is 10.1 Å². The first-order valence-electron chi connectivity index (χ1n) is 6.11. The Bertz CT molecular complexity index is 604. The molecule has 0 saturated carbocycles. The predicted molar refractivity (Wildman–Crippen MR) is 68.6 cm³/mol. The molecule has 1 aliphatic heterocycles. The second-order valence-corrected chi connectivity index (χ2v) is 4.50. The van der Waals surface area contributed by atoms with E-state index in [4.69, 9.17) is 0 Å². The number of non-ortho nitro benzene ring substituents is 1. The van der Waals surface area contributed by atoms with Gasteiger partial charge in [-0.05, 0) is 13.0 Å². The minimum Gasteiger partial charge on any atom is -0.315 e. The van der Waals surface area contributed by atoms with Crippen molar-refractivity contribution in [1.29, 1.82) is 0 Å². The van der Waals surface area contributed by atoms with Crippen LogP contribution in [-0.2, 0) is 0 Å². The van der Waals surface area contributed by atoms with E-state index in [-0.39, 0.29) is 5.69 Å². The van der Waals surface area contributed by atoms with Crippen LogP contribution in [0.1, 0.15) is 12.5 Å². The molecule has 0 radical (unpaired) electrons. The first-order valence-corrected chi connectivity index (χ1v) is 6.11. The van der Waals surface area contributed by atoms with Gasteiger partial charge in [-0.1, -0.05) is 12.1 Å². The van der Waals surface area contributed by atoms with E-state index in [0.29, 0.717) is 17.4 Å². The number of benzene rings is 1. The van der Waals surface area contributed by atoms with E-state index >= 15 is 0 Å². The Morgan fingerprint density at radius 3 is 3.11 bits per heavy atom. The Balaban J connectivity index is 1.89. The Morgan fingerprint density at radius 2 is 2.37 bits per heavy atom. The molecule has 19 heavy (non-hydrogen) atoms. The predicted octanol–water partition coefficient (Wildman–Crippen LogP) is 1.39. The van der Waals surface area contributed by atoms with E-state index < -0.39 is 4.92 Å². The molecule has 0 amide bonds. The van der Waals surface area contributed by atoms with E-state index in [1.165, 1.54) is 12.1 Å². The molecule has 1 aromatic heterocycles. The fourth-order valence-corrected chi connectivity index (χ4v) is 2.21. The fourth-order valence-electron chi connectivity index (χ4n) is 2.21. The van der Waals surface area contributed by atoms with Crippen molar-refractivity contribution in [3.8, 4) is 11.4 Å². The number of nitrogens with zero attached hydrogens (tertiary/aromatic N) is 4. The normalized spacial score (nSPS) is 18.6. The molecule has 1 aliphatic rings. The summed E-state index contributed by atoms with van der Waals surface area (Å²) in [4.78, 5) is 14.6. The van der Waals surface area contributed by atoms with Gasteiger partial charge in [-0.25, -0.2) is 9.67 Å². The van der Waals surface area contributed by atoms with Crippen molar-refractivity contribution in [3.05, 3.63) is 40.7 Å². The maximum atomic E-state index is 10.8. The Labute approximate surface area is 109 Å². The lowest BCUT2D eigenvalue weighted by molar-refractivity contribution is -0.384. The highest BCUT2D eigenvalue weighted by molar-refractivity contribution is 5.58. The minimum atomic E-state index is -0.415. The van der Waals surface area contributed by atoms with Gasteiger partial charge in [0.2, 0.25) is 0 Å². The topological polar surface area (TPSA) is 85.9 Å². The lowest BCUT2D eigenvalue weighted by Crippen LogP contribution is -2.13. The van der Waals surface area contributed by atoms with Crippen LogP contribution in [0.15, 0.2) is 30.6 Å². The lowest BCUT2D eigenvalue weighted by Gasteiger charge is -2.06. The summed E-state index contributed by atoms with van der Waals surface area (Å²) in [5.74, 6) is 0.524. The van der Waals surface area contributed by atoms with Gasteiger partial charge in [-0.3, -0.25) is 10.1 Å². The van der Waals surface area contributed by atoms with Crippen molar-refractivity contribution in [2.75, 3.05) is 13.1 Å². The lowest BCUT2D eigenvalue weighted by atomic mass is 10.2. The third kappa shape index (κ3) is 2.32. The van der Waals surface area contributed by atoms with Gasteiger partial charge < -0.3 is 5.32 Å². The molecule has 1 saturated heterocycles. The number of rotatable bonds is 3. The maximum Gasteiger partial charge on any atom is 0.270 e. The number of hydrogen-bond donors (Lipinski definition) is 1. The molecule has 0 aliphatic carbocycles. The average molecular weight is 259 g/mol. The summed E-state index contributed by atoms with van der Waals surface area (Å²) in [7, 11) is 0. The highest BCUT2D eigenvalue weighted by Crippen LogP contribution is 2.22. The maximum absolute atomic E-state index is 10.8. The molecular formula is C12H13N5O2. The number of hydrogen-bond acceptors (Lipinski definition) is 5. The van der Waals surface area contributed by atoms with Gasteiger partial charge >= 0.3 is 0 Å². The second kappa shape index (κ2) is 4.77. The van der Waals surface area contributed by atoms with Crippen LogP contribution in [0.25, 0.3) is 11.4 Å². The Kier molecular flexibility index (Phi) is 2.96. The largest absolute Gasteiger partial charge is 0.315 e. The van der Waals surface area contributed by atoms with E-state index in [1.807, 2.05) is 4.68 Å². The third-order valence-electron chi connectivity index (χ3n) is 3.23. The first-order chi connectivity index (χ1) is 9.24. The van der Waals surface area contributed by atoms with Crippen LogP contribution in [0.4, 0.5) is 5.69 Å². The molecule has 1 unspecified atom stereocenters. The van der Waals surface area contributed by atoms with Crippen LogP contribution in [-0.4, -0.2) is 32.8 Å². The van der Waals surface area contributed by atoms with Gasteiger partial charge in [0.05, 0.1) is 11.0 Å². The molecule has 3 rings (SSSR count). The van der Waals surface area contributed by atoms with Crippen molar-refractivity contribution in [2.24, 2.45) is 0 Å². The van der Waals surface area contributed by atoms with Gasteiger partial charge in [0.1, 0.15) is 6.33 Å². The molecular weight excluding hydrogens is 246 g/mol. The number of nitrogens with one attached hydrogen (secondary N) is 1. The molecule has 7 heteroatoms. The summed E-state index contributed by atoms with van der Waals surface area (Å²) in [6.45, 7) is 1.87. The highest BCUT2D eigenvalue weighted by Gasteiger charge is 2.18. The van der Waals surface area contributed by atoms with E-state index in [2.05, 4.69) is 15.4 Å². The van der Waals surface area contributed by atoms with Gasteiger partial charge in [0.25, 0.3) is 5.69 Å². The quantitative estimate of drug-likeness (QED) is 0.665. The molecule has 98 valence electrons. The first kappa shape index (κ1) is 11.8. The van der Waals surface area contributed by atoms with Gasteiger partial charge in [-0.15, -0.1) is 0 Å². The van der Waals surface area contributed by atoms with Crippen LogP contribution < -0.4 is 5.32 Å². The van der Waals surface area contributed by atoms with Crippen LogP contribution in [0.5, 0.6) is 0 Å². The molecule has 0 bridgehead atoms. The van der Waals surface area contributed by atoms with Crippen LogP contribution >= 0.6 is 0 Å². The Morgan fingerprint density at radius 1 is 1.47 bits per heavy atom. The molecule has 1 fully saturated rings. The van der Waals surface area contributed by atoms with Crippen LogP contribution in [0.3, 0.4) is 0 Å². The van der Waals surface area contributed by atoms with E-state index in [9.17, 15) is 10.1 Å². The monoisotopic (exact) mass is 259 g/mol. The van der Waals surface area contributed by atoms with E-state index in [0.717, 1.165) is 19.5 Å². The van der Waals surface area contributed by atoms with Crippen molar-refractivity contribution in [1.82, 2.24) is 20.1 Å². The van der Waals surface area contributed by atoms with Crippen molar-refractivity contribution in [2.45, 2.75) is 12.5 Å². The third-order valence-corrected chi connectivity index (χ3v) is 3.23. The standard InChI is InChI=1S/C12H13N5O2/c18-17(19)10-3-1-2-9(6-10)12-14-8-16(15-12)11-4-5-13-7-11/h1-3,6,8,11,13H,4-5,7H2. The highest BCUT2D eigenvalue weighted by atomic mass is 16.6. The van der Waals surface area contributed by atoms with Crippen molar-refractivity contribution < 1.29 is 4.92 Å². The Hall–Kier alpha value is -2.28.